The van der Waals surface area contributed by atoms with Gasteiger partial charge in [0, 0.05) is 5.92 Å². The molecule has 1 unspecified atom stereocenters. The minimum atomic E-state index is 0.352. The third-order valence-electron chi connectivity index (χ3n) is 5.13. The van der Waals surface area contributed by atoms with Gasteiger partial charge in [0.25, 0.3) is 0 Å². The van der Waals surface area contributed by atoms with Gasteiger partial charge in [-0.1, -0.05) is 78.4 Å². The van der Waals surface area contributed by atoms with Crippen LogP contribution in [0.1, 0.15) is 28.2 Å². The van der Waals surface area contributed by atoms with Crippen LogP contribution < -0.4 is 0 Å². The van der Waals surface area contributed by atoms with Crippen molar-refractivity contribution in [1.29, 1.82) is 0 Å². The molecular formula is C24H18. The normalized spacial score (nSPS) is 16.0. The van der Waals surface area contributed by atoms with Crippen LogP contribution in [0.15, 0.2) is 78.9 Å². The van der Waals surface area contributed by atoms with Crippen molar-refractivity contribution in [3.63, 3.8) is 0 Å². The molecule has 0 aromatic heterocycles. The van der Waals surface area contributed by atoms with Crippen molar-refractivity contribution in [2.75, 3.05) is 0 Å². The molecular weight excluding hydrogens is 288 g/mol. The molecule has 1 aliphatic carbocycles. The largest absolute Gasteiger partial charge is 0.0720 e. The lowest BCUT2D eigenvalue weighted by Gasteiger charge is -2.16. The van der Waals surface area contributed by atoms with Crippen LogP contribution >= 0.6 is 0 Å². The van der Waals surface area contributed by atoms with Crippen LogP contribution in [-0.2, 0) is 0 Å². The highest BCUT2D eigenvalue weighted by atomic mass is 14.2. The molecule has 0 heteroatoms. The minimum absolute atomic E-state index is 0.352. The van der Waals surface area contributed by atoms with Gasteiger partial charge in [-0.15, -0.1) is 0 Å². The van der Waals surface area contributed by atoms with E-state index in [0.29, 0.717) is 5.92 Å². The highest BCUT2D eigenvalue weighted by molar-refractivity contribution is 6.00. The zero-order valence-corrected chi connectivity index (χ0v) is 13.7. The molecule has 0 spiro atoms. The average molecular weight is 306 g/mol. The molecule has 114 valence electrons. The predicted molar refractivity (Wildman–Crippen MR) is 104 cm³/mol. The van der Waals surface area contributed by atoms with Crippen LogP contribution in [0.3, 0.4) is 0 Å². The van der Waals surface area contributed by atoms with Crippen molar-refractivity contribution < 1.29 is 0 Å². The number of rotatable bonds is 1. The molecule has 0 bridgehead atoms. The van der Waals surface area contributed by atoms with Crippen LogP contribution in [0.25, 0.3) is 27.6 Å². The molecule has 0 amide bonds. The van der Waals surface area contributed by atoms with Crippen molar-refractivity contribution >= 4 is 27.6 Å². The Morgan fingerprint density at radius 3 is 2.29 bits per heavy atom. The highest BCUT2D eigenvalue weighted by Gasteiger charge is 2.20. The fraction of sp³-hybridized carbons (Fsp3) is 0.0833. The van der Waals surface area contributed by atoms with E-state index in [9.17, 15) is 0 Å². The Labute approximate surface area is 142 Å². The van der Waals surface area contributed by atoms with Gasteiger partial charge in [0.05, 0.1) is 0 Å². The van der Waals surface area contributed by atoms with Crippen LogP contribution in [0, 0.1) is 6.92 Å². The van der Waals surface area contributed by atoms with Gasteiger partial charge in [0.2, 0.25) is 0 Å². The summed E-state index contributed by atoms with van der Waals surface area (Å²) in [5.74, 6) is 0.352. The number of aryl methyl sites for hydroxylation is 1. The first-order valence-corrected chi connectivity index (χ1v) is 8.50. The first-order valence-electron chi connectivity index (χ1n) is 8.50. The third-order valence-corrected chi connectivity index (χ3v) is 5.13. The van der Waals surface area contributed by atoms with Gasteiger partial charge in [-0.25, -0.2) is 0 Å². The second-order valence-corrected chi connectivity index (χ2v) is 6.74. The number of allylic oxidation sites excluding steroid dienone is 1. The van der Waals surface area contributed by atoms with Gasteiger partial charge >= 0.3 is 0 Å². The molecule has 0 fully saturated rings. The van der Waals surface area contributed by atoms with Gasteiger partial charge in [-0.3, -0.25) is 0 Å². The lowest BCUT2D eigenvalue weighted by atomic mass is 9.87. The summed E-state index contributed by atoms with van der Waals surface area (Å²) in [6.45, 7) is 2.20. The number of hydrogen-bond acceptors (Lipinski definition) is 0. The van der Waals surface area contributed by atoms with Crippen LogP contribution in [-0.4, -0.2) is 0 Å². The minimum Gasteiger partial charge on any atom is -0.0720 e. The van der Waals surface area contributed by atoms with E-state index in [1.807, 2.05) is 0 Å². The molecule has 0 saturated heterocycles. The van der Waals surface area contributed by atoms with E-state index >= 15 is 0 Å². The molecule has 0 N–H and O–H groups in total. The maximum Gasteiger partial charge on any atom is 0.0285 e. The number of benzene rings is 4. The molecule has 0 heterocycles. The smallest absolute Gasteiger partial charge is 0.0285 e. The Kier molecular flexibility index (Phi) is 2.87. The quantitative estimate of drug-likeness (QED) is 0.354. The molecule has 0 aliphatic heterocycles. The third kappa shape index (κ3) is 2.00. The molecule has 24 heavy (non-hydrogen) atoms. The van der Waals surface area contributed by atoms with Crippen LogP contribution in [0.2, 0.25) is 0 Å². The molecule has 1 atom stereocenters. The molecule has 5 rings (SSSR count). The summed E-state index contributed by atoms with van der Waals surface area (Å²) >= 11 is 0. The Morgan fingerprint density at radius 2 is 1.42 bits per heavy atom. The summed E-state index contributed by atoms with van der Waals surface area (Å²) in [6, 6.07) is 26.7. The van der Waals surface area contributed by atoms with Gasteiger partial charge in [0.15, 0.2) is 0 Å². The average Bonchev–Trinajstić information content (AvgIpc) is 3.03. The zero-order valence-electron chi connectivity index (χ0n) is 13.7. The van der Waals surface area contributed by atoms with E-state index in [-0.39, 0.29) is 0 Å². The maximum absolute atomic E-state index is 2.36. The molecule has 4 aromatic carbocycles. The van der Waals surface area contributed by atoms with Crippen molar-refractivity contribution in [1.82, 2.24) is 0 Å². The van der Waals surface area contributed by atoms with E-state index in [1.54, 1.807) is 0 Å². The van der Waals surface area contributed by atoms with Crippen molar-refractivity contribution in [3.8, 4) is 0 Å². The monoisotopic (exact) mass is 306 g/mol. The Morgan fingerprint density at radius 1 is 0.667 bits per heavy atom. The van der Waals surface area contributed by atoms with Crippen LogP contribution in [0.4, 0.5) is 0 Å². The summed E-state index contributed by atoms with van der Waals surface area (Å²) in [5.41, 5.74) is 5.50. The van der Waals surface area contributed by atoms with Gasteiger partial charge < -0.3 is 0 Å². The van der Waals surface area contributed by atoms with E-state index in [2.05, 4.69) is 91.9 Å². The van der Waals surface area contributed by atoms with Gasteiger partial charge in [-0.2, -0.15) is 0 Å². The van der Waals surface area contributed by atoms with Crippen LogP contribution in [0.5, 0.6) is 0 Å². The number of fused-ring (bicyclic) bond motifs is 3. The molecule has 0 nitrogen and oxygen atoms in total. The molecule has 1 aliphatic rings. The van der Waals surface area contributed by atoms with Crippen molar-refractivity contribution in [2.24, 2.45) is 0 Å². The first-order chi connectivity index (χ1) is 11.8. The van der Waals surface area contributed by atoms with Gasteiger partial charge in [-0.05, 0) is 57.3 Å². The first kappa shape index (κ1) is 13.6. The maximum atomic E-state index is 2.36. The van der Waals surface area contributed by atoms with Gasteiger partial charge in [0.1, 0.15) is 0 Å². The zero-order chi connectivity index (χ0) is 16.1. The van der Waals surface area contributed by atoms with E-state index in [4.69, 9.17) is 0 Å². The van der Waals surface area contributed by atoms with Crippen molar-refractivity contribution in [2.45, 2.75) is 12.8 Å². The Bertz CT molecular complexity index is 1120. The fourth-order valence-corrected chi connectivity index (χ4v) is 4.02. The molecule has 0 radical (unpaired) electrons. The predicted octanol–water partition coefficient (Wildman–Crippen LogP) is 6.46. The summed E-state index contributed by atoms with van der Waals surface area (Å²) < 4.78 is 0. The second kappa shape index (κ2) is 5.07. The van der Waals surface area contributed by atoms with E-state index in [0.717, 1.165) is 0 Å². The highest BCUT2D eigenvalue weighted by Crippen LogP contribution is 2.39. The SMILES string of the molecule is Cc1cc(C2C=Cc3ccccc32)c2cc3ccccc3cc2c1. The summed E-state index contributed by atoms with van der Waals surface area (Å²) in [6.07, 6.45) is 4.60. The Hall–Kier alpha value is -2.86. The number of hydrogen-bond donors (Lipinski definition) is 0. The van der Waals surface area contributed by atoms with E-state index < -0.39 is 0 Å². The summed E-state index contributed by atoms with van der Waals surface area (Å²) in [4.78, 5) is 0. The van der Waals surface area contributed by atoms with E-state index in [1.165, 1.54) is 43.8 Å². The molecule has 0 saturated carbocycles. The summed E-state index contributed by atoms with van der Waals surface area (Å²) in [7, 11) is 0. The lowest BCUT2D eigenvalue weighted by molar-refractivity contribution is 1.06. The Balaban J connectivity index is 1.82. The van der Waals surface area contributed by atoms with Crippen molar-refractivity contribution in [3.05, 3.63) is 101 Å². The fourth-order valence-electron chi connectivity index (χ4n) is 4.02. The summed E-state index contributed by atoms with van der Waals surface area (Å²) in [5, 5.41) is 5.32. The topological polar surface area (TPSA) is 0 Å². The molecule has 4 aromatic rings. The second-order valence-electron chi connectivity index (χ2n) is 6.74. The lowest BCUT2D eigenvalue weighted by Crippen LogP contribution is -1.98. The standard InChI is InChI=1S/C24H18/c1-16-12-20-14-18-7-2-3-8-19(18)15-23(20)24(13-16)22-11-10-17-6-4-5-9-21(17)22/h2-15,22H,1H3.